The predicted octanol–water partition coefficient (Wildman–Crippen LogP) is 2.93. The van der Waals surface area contributed by atoms with Gasteiger partial charge in [-0.25, -0.2) is 0 Å². The molecule has 0 fully saturated rings. The molecule has 76 valence electrons. The summed E-state index contributed by atoms with van der Waals surface area (Å²) in [6.45, 7) is 7.81. The number of aromatic nitrogens is 1. The van der Waals surface area contributed by atoms with E-state index in [4.69, 9.17) is 0 Å². The van der Waals surface area contributed by atoms with Gasteiger partial charge >= 0.3 is 0 Å². The van der Waals surface area contributed by atoms with E-state index in [0.717, 1.165) is 23.4 Å². The molecule has 1 rings (SSSR count). The fourth-order valence-corrected chi connectivity index (χ4v) is 1.40. The third-order valence-electron chi connectivity index (χ3n) is 2.55. The van der Waals surface area contributed by atoms with Crippen molar-refractivity contribution in [2.45, 2.75) is 34.1 Å². The number of nitrogens with zero attached hydrogens (tertiary/aromatic N) is 1. The molecule has 0 saturated heterocycles. The first-order chi connectivity index (χ1) is 6.56. The van der Waals surface area contributed by atoms with Crippen LogP contribution in [0.3, 0.4) is 0 Å². The average Bonchev–Trinajstić information content (AvgIpc) is 2.15. The smallest absolute Gasteiger partial charge is 0.167 e. The quantitative estimate of drug-likeness (QED) is 0.687. The van der Waals surface area contributed by atoms with E-state index in [1.165, 1.54) is 0 Å². The number of hydrogen-bond acceptors (Lipinski definition) is 2. The standard InChI is InChI=1S/C12H17NO/c1-5-8(2)12(14)11-7-6-9(3)13-10(11)4/h6-8H,5H2,1-4H3. The van der Waals surface area contributed by atoms with E-state index in [1.54, 1.807) is 0 Å². The van der Waals surface area contributed by atoms with Crippen LogP contribution in [0.2, 0.25) is 0 Å². The lowest BCUT2D eigenvalue weighted by molar-refractivity contribution is 0.0926. The highest BCUT2D eigenvalue weighted by Crippen LogP contribution is 2.14. The molecule has 14 heavy (non-hydrogen) atoms. The van der Waals surface area contributed by atoms with Crippen LogP contribution >= 0.6 is 0 Å². The van der Waals surface area contributed by atoms with Gasteiger partial charge in [-0.3, -0.25) is 9.78 Å². The second-order valence-electron chi connectivity index (χ2n) is 3.76. The van der Waals surface area contributed by atoms with E-state index in [1.807, 2.05) is 39.8 Å². The summed E-state index contributed by atoms with van der Waals surface area (Å²) in [5, 5.41) is 0. The summed E-state index contributed by atoms with van der Waals surface area (Å²) >= 11 is 0. The lowest BCUT2D eigenvalue weighted by Gasteiger charge is -2.09. The molecule has 1 aromatic rings. The van der Waals surface area contributed by atoms with Crippen LogP contribution in [0.1, 0.15) is 42.0 Å². The zero-order valence-corrected chi connectivity index (χ0v) is 9.29. The minimum Gasteiger partial charge on any atom is -0.294 e. The molecule has 0 radical (unpaired) electrons. The minimum absolute atomic E-state index is 0.0956. The minimum atomic E-state index is 0.0956. The lowest BCUT2D eigenvalue weighted by atomic mass is 9.96. The van der Waals surface area contributed by atoms with Crippen LogP contribution in [0.4, 0.5) is 0 Å². The van der Waals surface area contributed by atoms with E-state index in [2.05, 4.69) is 4.98 Å². The average molecular weight is 191 g/mol. The van der Waals surface area contributed by atoms with E-state index < -0.39 is 0 Å². The molecular weight excluding hydrogens is 174 g/mol. The zero-order chi connectivity index (χ0) is 10.7. The van der Waals surface area contributed by atoms with Gasteiger partial charge in [-0.15, -0.1) is 0 Å². The summed E-state index contributed by atoms with van der Waals surface area (Å²) < 4.78 is 0. The van der Waals surface area contributed by atoms with Crippen molar-refractivity contribution in [3.63, 3.8) is 0 Å². The number of rotatable bonds is 3. The maximum atomic E-state index is 11.9. The molecular formula is C12H17NO. The van der Waals surface area contributed by atoms with Crippen molar-refractivity contribution >= 4 is 5.78 Å². The predicted molar refractivity (Wildman–Crippen MR) is 57.5 cm³/mol. The molecule has 0 aliphatic carbocycles. The normalized spacial score (nSPS) is 12.6. The van der Waals surface area contributed by atoms with Gasteiger partial charge in [0.15, 0.2) is 5.78 Å². The molecule has 0 aromatic carbocycles. The Morgan fingerprint density at radius 1 is 1.43 bits per heavy atom. The van der Waals surface area contributed by atoms with Crippen LogP contribution in [0, 0.1) is 19.8 Å². The molecule has 0 aliphatic heterocycles. The van der Waals surface area contributed by atoms with E-state index >= 15 is 0 Å². The Balaban J connectivity index is 3.02. The van der Waals surface area contributed by atoms with Gasteiger partial charge < -0.3 is 0 Å². The summed E-state index contributed by atoms with van der Waals surface area (Å²) in [5.74, 6) is 0.302. The first kappa shape index (κ1) is 10.9. The summed E-state index contributed by atoms with van der Waals surface area (Å²) in [6, 6.07) is 3.77. The Bertz CT molecular complexity index is 344. The highest BCUT2D eigenvalue weighted by molar-refractivity contribution is 5.98. The van der Waals surface area contributed by atoms with Crippen LogP contribution in [-0.2, 0) is 0 Å². The van der Waals surface area contributed by atoms with Gasteiger partial charge in [0.05, 0.1) is 0 Å². The van der Waals surface area contributed by atoms with E-state index in [-0.39, 0.29) is 11.7 Å². The number of hydrogen-bond donors (Lipinski definition) is 0. The molecule has 0 amide bonds. The summed E-state index contributed by atoms with van der Waals surface area (Å²) in [7, 11) is 0. The lowest BCUT2D eigenvalue weighted by Crippen LogP contribution is -2.12. The Kier molecular flexibility index (Phi) is 3.39. The van der Waals surface area contributed by atoms with E-state index in [0.29, 0.717) is 0 Å². The van der Waals surface area contributed by atoms with Crippen LogP contribution in [-0.4, -0.2) is 10.8 Å². The Hall–Kier alpha value is -1.18. The molecule has 1 unspecified atom stereocenters. The maximum Gasteiger partial charge on any atom is 0.167 e. The van der Waals surface area contributed by atoms with Crippen molar-refractivity contribution in [1.82, 2.24) is 4.98 Å². The van der Waals surface area contributed by atoms with Gasteiger partial charge in [-0.1, -0.05) is 13.8 Å². The number of Topliss-reactive ketones (excluding diaryl/α,β-unsaturated/α-hetero) is 1. The molecule has 2 heteroatoms. The van der Waals surface area contributed by atoms with Crippen molar-refractivity contribution in [2.75, 3.05) is 0 Å². The van der Waals surface area contributed by atoms with Gasteiger partial charge in [-0.05, 0) is 32.4 Å². The second kappa shape index (κ2) is 4.36. The second-order valence-corrected chi connectivity index (χ2v) is 3.76. The van der Waals surface area contributed by atoms with E-state index in [9.17, 15) is 4.79 Å². The third kappa shape index (κ3) is 2.19. The van der Waals surface area contributed by atoms with Crippen LogP contribution in [0.5, 0.6) is 0 Å². The van der Waals surface area contributed by atoms with Crippen molar-refractivity contribution in [3.05, 3.63) is 29.1 Å². The SMILES string of the molecule is CCC(C)C(=O)c1ccc(C)nc1C. The highest BCUT2D eigenvalue weighted by atomic mass is 16.1. The first-order valence-electron chi connectivity index (χ1n) is 5.04. The van der Waals surface area contributed by atoms with Crippen molar-refractivity contribution in [2.24, 2.45) is 5.92 Å². The maximum absolute atomic E-state index is 11.9. The van der Waals surface area contributed by atoms with Crippen molar-refractivity contribution in [1.29, 1.82) is 0 Å². The van der Waals surface area contributed by atoms with Crippen LogP contribution in [0.25, 0.3) is 0 Å². The molecule has 2 nitrogen and oxygen atoms in total. The van der Waals surface area contributed by atoms with Crippen LogP contribution in [0.15, 0.2) is 12.1 Å². The molecule has 1 aromatic heterocycles. The molecule has 0 aliphatic rings. The first-order valence-corrected chi connectivity index (χ1v) is 5.04. The third-order valence-corrected chi connectivity index (χ3v) is 2.55. The van der Waals surface area contributed by atoms with Gasteiger partial charge in [0.2, 0.25) is 0 Å². The molecule has 0 bridgehead atoms. The van der Waals surface area contributed by atoms with Crippen LogP contribution < -0.4 is 0 Å². The van der Waals surface area contributed by atoms with Crippen molar-refractivity contribution in [3.8, 4) is 0 Å². The molecule has 1 heterocycles. The fourth-order valence-electron chi connectivity index (χ4n) is 1.40. The molecule has 0 spiro atoms. The fraction of sp³-hybridized carbons (Fsp3) is 0.500. The van der Waals surface area contributed by atoms with Gasteiger partial charge in [0.25, 0.3) is 0 Å². The molecule has 0 N–H and O–H groups in total. The Labute approximate surface area is 85.4 Å². The number of aryl methyl sites for hydroxylation is 2. The highest BCUT2D eigenvalue weighted by Gasteiger charge is 2.15. The summed E-state index contributed by atoms with van der Waals surface area (Å²) in [6.07, 6.45) is 0.881. The number of ketones is 1. The monoisotopic (exact) mass is 191 g/mol. The number of pyridine rings is 1. The summed E-state index contributed by atoms with van der Waals surface area (Å²) in [5.41, 5.74) is 2.57. The molecule has 0 saturated carbocycles. The van der Waals surface area contributed by atoms with Gasteiger partial charge in [0.1, 0.15) is 0 Å². The van der Waals surface area contributed by atoms with Gasteiger partial charge in [0, 0.05) is 22.9 Å². The number of carbonyl (C=O) groups is 1. The zero-order valence-electron chi connectivity index (χ0n) is 9.29. The molecule has 1 atom stereocenters. The largest absolute Gasteiger partial charge is 0.294 e. The Morgan fingerprint density at radius 3 is 2.57 bits per heavy atom. The number of carbonyl (C=O) groups excluding carboxylic acids is 1. The summed E-state index contributed by atoms with van der Waals surface area (Å²) in [4.78, 5) is 16.2. The Morgan fingerprint density at radius 2 is 2.07 bits per heavy atom. The van der Waals surface area contributed by atoms with Gasteiger partial charge in [-0.2, -0.15) is 0 Å². The topological polar surface area (TPSA) is 30.0 Å². The van der Waals surface area contributed by atoms with Crippen molar-refractivity contribution < 1.29 is 4.79 Å².